The molecule has 0 saturated carbocycles. The Hall–Kier alpha value is -0.710. The van der Waals surface area contributed by atoms with Crippen LogP contribution >= 0.6 is 31.9 Å². The predicted octanol–water partition coefficient (Wildman–Crippen LogP) is 5.24. The third-order valence-corrected chi connectivity index (χ3v) is 4.63. The average molecular weight is 401 g/mol. The molecule has 20 heavy (non-hydrogen) atoms. The first-order valence-electron chi connectivity index (χ1n) is 6.53. The molecule has 2 rings (SSSR count). The molecule has 0 bridgehead atoms. The smallest absolute Gasteiger partial charge is 0.124 e. The topological polar surface area (TPSA) is 12.0 Å². The normalized spacial score (nSPS) is 12.4. The fraction of sp³-hybridized carbons (Fsp3) is 0.250. The number of halogens is 3. The van der Waals surface area contributed by atoms with Gasteiger partial charge in [-0.3, -0.25) is 0 Å². The molecule has 0 fully saturated rings. The van der Waals surface area contributed by atoms with Gasteiger partial charge in [-0.15, -0.1) is 0 Å². The lowest BCUT2D eigenvalue weighted by Gasteiger charge is -2.20. The molecular formula is C16H16Br2FN. The highest BCUT2D eigenvalue weighted by molar-refractivity contribution is 9.10. The lowest BCUT2D eigenvalue weighted by Crippen LogP contribution is -2.23. The molecule has 1 unspecified atom stereocenters. The Morgan fingerprint density at radius 1 is 1.10 bits per heavy atom. The van der Waals surface area contributed by atoms with E-state index in [2.05, 4.69) is 50.2 Å². The van der Waals surface area contributed by atoms with E-state index in [1.807, 2.05) is 24.3 Å². The van der Waals surface area contributed by atoms with E-state index in [9.17, 15) is 4.39 Å². The maximum absolute atomic E-state index is 13.2. The summed E-state index contributed by atoms with van der Waals surface area (Å²) in [6.45, 7) is 2.97. The third kappa shape index (κ3) is 3.90. The van der Waals surface area contributed by atoms with Crippen LogP contribution < -0.4 is 5.32 Å². The van der Waals surface area contributed by atoms with E-state index in [0.717, 1.165) is 27.5 Å². The van der Waals surface area contributed by atoms with Crippen molar-refractivity contribution in [3.8, 4) is 0 Å². The molecule has 0 saturated heterocycles. The van der Waals surface area contributed by atoms with Gasteiger partial charge in [-0.05, 0) is 42.3 Å². The minimum atomic E-state index is -0.221. The van der Waals surface area contributed by atoms with Gasteiger partial charge in [0.2, 0.25) is 0 Å². The van der Waals surface area contributed by atoms with Crippen molar-refractivity contribution in [1.29, 1.82) is 0 Å². The highest BCUT2D eigenvalue weighted by Gasteiger charge is 2.15. The third-order valence-electron chi connectivity index (χ3n) is 3.17. The van der Waals surface area contributed by atoms with Crippen LogP contribution in [0.2, 0.25) is 0 Å². The number of hydrogen-bond donors (Lipinski definition) is 1. The second-order valence-electron chi connectivity index (χ2n) is 4.57. The molecule has 0 spiro atoms. The summed E-state index contributed by atoms with van der Waals surface area (Å²) in [5.74, 6) is -0.221. The van der Waals surface area contributed by atoms with Gasteiger partial charge in [0.1, 0.15) is 5.82 Å². The van der Waals surface area contributed by atoms with E-state index in [1.54, 1.807) is 0 Å². The van der Waals surface area contributed by atoms with Gasteiger partial charge in [-0.25, -0.2) is 4.39 Å². The first kappa shape index (κ1) is 15.7. The van der Waals surface area contributed by atoms with Crippen molar-refractivity contribution in [2.75, 3.05) is 6.54 Å². The van der Waals surface area contributed by atoms with Gasteiger partial charge in [-0.2, -0.15) is 0 Å². The summed E-state index contributed by atoms with van der Waals surface area (Å²) >= 11 is 7.04. The average Bonchev–Trinajstić information content (AvgIpc) is 2.42. The highest BCUT2D eigenvalue weighted by atomic mass is 79.9. The van der Waals surface area contributed by atoms with Gasteiger partial charge >= 0.3 is 0 Å². The Labute approximate surface area is 135 Å². The molecule has 0 heterocycles. The molecule has 0 aliphatic carbocycles. The van der Waals surface area contributed by atoms with Crippen molar-refractivity contribution in [2.24, 2.45) is 0 Å². The van der Waals surface area contributed by atoms with E-state index in [4.69, 9.17) is 0 Å². The fourth-order valence-electron chi connectivity index (χ4n) is 2.20. The van der Waals surface area contributed by atoms with Gasteiger partial charge in [0, 0.05) is 15.0 Å². The molecule has 0 aromatic heterocycles. The first-order valence-corrected chi connectivity index (χ1v) is 8.12. The lowest BCUT2D eigenvalue weighted by atomic mass is 9.99. The maximum atomic E-state index is 13.2. The Balaban J connectivity index is 2.28. The zero-order valence-corrected chi connectivity index (χ0v) is 14.3. The molecule has 4 heteroatoms. The molecule has 0 amide bonds. The summed E-state index contributed by atoms with van der Waals surface area (Å²) < 4.78 is 15.1. The van der Waals surface area contributed by atoms with Crippen LogP contribution in [-0.4, -0.2) is 6.54 Å². The van der Waals surface area contributed by atoms with E-state index < -0.39 is 0 Å². The minimum Gasteiger partial charge on any atom is -0.310 e. The summed E-state index contributed by atoms with van der Waals surface area (Å²) in [5.41, 5.74) is 2.30. The number of benzene rings is 2. The van der Waals surface area contributed by atoms with Crippen molar-refractivity contribution in [3.05, 3.63) is 68.4 Å². The maximum Gasteiger partial charge on any atom is 0.124 e. The SMILES string of the molecule is CCNC(Cc1ccc(F)cc1Br)c1ccccc1Br. The minimum absolute atomic E-state index is 0.192. The monoisotopic (exact) mass is 399 g/mol. The molecule has 0 aliphatic rings. The van der Waals surface area contributed by atoms with Crippen LogP contribution in [0.25, 0.3) is 0 Å². The quantitative estimate of drug-likeness (QED) is 0.723. The Morgan fingerprint density at radius 2 is 1.85 bits per heavy atom. The van der Waals surface area contributed by atoms with E-state index >= 15 is 0 Å². The second kappa shape index (κ2) is 7.34. The Morgan fingerprint density at radius 3 is 2.50 bits per heavy atom. The summed E-state index contributed by atoms with van der Waals surface area (Å²) in [4.78, 5) is 0. The van der Waals surface area contributed by atoms with Crippen LogP contribution in [0.4, 0.5) is 4.39 Å². The molecule has 1 atom stereocenters. The van der Waals surface area contributed by atoms with Crippen molar-refractivity contribution in [3.63, 3.8) is 0 Å². The van der Waals surface area contributed by atoms with E-state index in [-0.39, 0.29) is 11.9 Å². The summed E-state index contributed by atoms with van der Waals surface area (Å²) in [7, 11) is 0. The Bertz CT molecular complexity index is 586. The number of hydrogen-bond acceptors (Lipinski definition) is 1. The molecular weight excluding hydrogens is 385 g/mol. The molecule has 2 aromatic carbocycles. The van der Waals surface area contributed by atoms with Gasteiger partial charge in [0.05, 0.1) is 0 Å². The molecule has 1 nitrogen and oxygen atoms in total. The number of nitrogens with one attached hydrogen (secondary N) is 1. The molecule has 0 radical (unpaired) electrons. The number of likely N-dealkylation sites (N-methyl/N-ethyl adjacent to an activating group) is 1. The van der Waals surface area contributed by atoms with Crippen LogP contribution in [0.1, 0.15) is 24.1 Å². The van der Waals surface area contributed by atoms with Crippen molar-refractivity contribution in [1.82, 2.24) is 5.32 Å². The highest BCUT2D eigenvalue weighted by Crippen LogP contribution is 2.28. The van der Waals surface area contributed by atoms with Crippen LogP contribution in [0.3, 0.4) is 0 Å². The van der Waals surface area contributed by atoms with Gasteiger partial charge in [0.15, 0.2) is 0 Å². The van der Waals surface area contributed by atoms with Crippen LogP contribution in [0.5, 0.6) is 0 Å². The van der Waals surface area contributed by atoms with E-state index in [1.165, 1.54) is 17.7 Å². The molecule has 2 aromatic rings. The zero-order chi connectivity index (χ0) is 14.5. The lowest BCUT2D eigenvalue weighted by molar-refractivity contribution is 0.546. The standard InChI is InChI=1S/C16H16Br2FN/c1-2-20-16(13-5-3-4-6-14(13)17)9-11-7-8-12(19)10-15(11)18/h3-8,10,16,20H,2,9H2,1H3. The summed E-state index contributed by atoms with van der Waals surface area (Å²) in [6, 6.07) is 13.2. The molecule has 106 valence electrons. The summed E-state index contributed by atoms with van der Waals surface area (Å²) in [5, 5.41) is 3.49. The zero-order valence-electron chi connectivity index (χ0n) is 11.2. The van der Waals surface area contributed by atoms with Crippen molar-refractivity contribution in [2.45, 2.75) is 19.4 Å². The summed E-state index contributed by atoms with van der Waals surface area (Å²) in [6.07, 6.45) is 0.803. The van der Waals surface area contributed by atoms with Crippen LogP contribution in [0.15, 0.2) is 51.4 Å². The van der Waals surface area contributed by atoms with Crippen molar-refractivity contribution < 1.29 is 4.39 Å². The fourth-order valence-corrected chi connectivity index (χ4v) is 3.28. The van der Waals surface area contributed by atoms with Crippen LogP contribution in [0, 0.1) is 5.82 Å². The van der Waals surface area contributed by atoms with Crippen LogP contribution in [-0.2, 0) is 6.42 Å². The van der Waals surface area contributed by atoms with Gasteiger partial charge in [0.25, 0.3) is 0 Å². The predicted molar refractivity (Wildman–Crippen MR) is 88.4 cm³/mol. The van der Waals surface area contributed by atoms with Gasteiger partial charge in [-0.1, -0.05) is 63.0 Å². The Kier molecular flexibility index (Phi) is 5.75. The van der Waals surface area contributed by atoms with Crippen molar-refractivity contribution >= 4 is 31.9 Å². The largest absolute Gasteiger partial charge is 0.310 e. The van der Waals surface area contributed by atoms with E-state index in [0.29, 0.717) is 0 Å². The van der Waals surface area contributed by atoms with Gasteiger partial charge < -0.3 is 5.32 Å². The second-order valence-corrected chi connectivity index (χ2v) is 6.28. The molecule has 0 aliphatic heterocycles. The molecule has 1 N–H and O–H groups in total. The number of rotatable bonds is 5. The first-order chi connectivity index (χ1) is 9.61.